The predicted molar refractivity (Wildman–Crippen MR) is 129 cm³/mol. The molecule has 2 amide bonds. The van der Waals surface area contributed by atoms with Gasteiger partial charge in [0.05, 0.1) is 23.1 Å². The zero-order valence-corrected chi connectivity index (χ0v) is 21.2. The van der Waals surface area contributed by atoms with E-state index in [4.69, 9.17) is 37.2 Å². The third-order valence-electron chi connectivity index (χ3n) is 5.18. The normalized spacial score (nSPS) is 18.2. The van der Waals surface area contributed by atoms with Gasteiger partial charge in [-0.2, -0.15) is 0 Å². The van der Waals surface area contributed by atoms with Gasteiger partial charge in [0.25, 0.3) is 11.9 Å². The number of hydrogen-bond donors (Lipinski definition) is 3. The van der Waals surface area contributed by atoms with Crippen LogP contribution in [0.15, 0.2) is 18.2 Å². The Kier molecular flexibility index (Phi) is 11.3. The molecule has 1 unspecified atom stereocenters. The third-order valence-corrected chi connectivity index (χ3v) is 5.74. The average Bonchev–Trinajstić information content (AvgIpc) is 2.76. The highest BCUT2D eigenvalue weighted by Gasteiger charge is 2.41. The molecule has 10 nitrogen and oxygen atoms in total. The first-order valence-electron chi connectivity index (χ1n) is 11.1. The number of benzene rings is 1. The van der Waals surface area contributed by atoms with Crippen LogP contribution in [0.25, 0.3) is 0 Å². The molecule has 192 valence electrons. The van der Waals surface area contributed by atoms with Crippen molar-refractivity contribution < 1.29 is 38.3 Å². The number of ether oxygens (including phenoxy) is 1. The van der Waals surface area contributed by atoms with Crippen molar-refractivity contribution in [2.75, 3.05) is 13.7 Å². The van der Waals surface area contributed by atoms with E-state index in [1.54, 1.807) is 0 Å². The molecule has 2 rings (SSSR count). The number of amides is 2. The van der Waals surface area contributed by atoms with Gasteiger partial charge in [0.15, 0.2) is 0 Å². The number of carbonyl (C=O) groups is 4. The molecule has 1 aliphatic rings. The van der Waals surface area contributed by atoms with Gasteiger partial charge >= 0.3 is 13.1 Å². The molecule has 3 N–H and O–H groups in total. The molecule has 1 aliphatic heterocycles. The van der Waals surface area contributed by atoms with Crippen LogP contribution in [0.1, 0.15) is 49.9 Å². The number of halogens is 2. The van der Waals surface area contributed by atoms with E-state index in [0.29, 0.717) is 17.9 Å². The molecule has 1 saturated heterocycles. The molecule has 0 aliphatic carbocycles. The minimum atomic E-state index is -1.32. The molecule has 3 atom stereocenters. The van der Waals surface area contributed by atoms with E-state index in [2.05, 4.69) is 10.6 Å². The van der Waals surface area contributed by atoms with Crippen molar-refractivity contribution in [3.8, 4) is 0 Å². The van der Waals surface area contributed by atoms with Gasteiger partial charge in [-0.05, 0) is 43.4 Å². The first-order chi connectivity index (χ1) is 16.5. The highest BCUT2D eigenvalue weighted by molar-refractivity contribution is 6.49. The van der Waals surface area contributed by atoms with E-state index in [9.17, 15) is 24.3 Å². The highest BCUT2D eigenvalue weighted by atomic mass is 35.5. The van der Waals surface area contributed by atoms with Crippen LogP contribution in [0.5, 0.6) is 0 Å². The lowest BCUT2D eigenvalue weighted by atomic mass is 9.72. The topological polar surface area (TPSA) is 140 Å². The summed E-state index contributed by atoms with van der Waals surface area (Å²) in [5.41, 5.74) is 0.0772. The molecule has 0 aromatic heterocycles. The van der Waals surface area contributed by atoms with Crippen LogP contribution in [0.3, 0.4) is 0 Å². The molecule has 1 aromatic carbocycles. The monoisotopic (exact) mass is 530 g/mol. The van der Waals surface area contributed by atoms with Crippen molar-refractivity contribution in [1.82, 2.24) is 10.6 Å². The molecular weight excluding hydrogens is 502 g/mol. The van der Waals surface area contributed by atoms with Crippen molar-refractivity contribution in [2.24, 2.45) is 5.92 Å². The van der Waals surface area contributed by atoms with E-state index in [0.717, 1.165) is 0 Å². The van der Waals surface area contributed by atoms with Crippen molar-refractivity contribution in [3.63, 3.8) is 0 Å². The summed E-state index contributed by atoms with van der Waals surface area (Å²) in [6, 6.07) is 3.21. The largest absolute Gasteiger partial charge is 0.551 e. The Morgan fingerprint density at radius 2 is 1.97 bits per heavy atom. The van der Waals surface area contributed by atoms with Crippen molar-refractivity contribution in [1.29, 1.82) is 0 Å². The van der Waals surface area contributed by atoms with Crippen molar-refractivity contribution in [3.05, 3.63) is 33.8 Å². The Labute approximate surface area is 214 Å². The zero-order chi connectivity index (χ0) is 26.1. The average molecular weight is 531 g/mol. The maximum Gasteiger partial charge on any atom is 0.551 e. The summed E-state index contributed by atoms with van der Waals surface area (Å²) in [7, 11) is 0.0400. The van der Waals surface area contributed by atoms with Crippen molar-refractivity contribution in [2.45, 2.75) is 57.6 Å². The van der Waals surface area contributed by atoms with Crippen LogP contribution in [0.4, 0.5) is 0 Å². The smallest absolute Gasteiger partial charge is 0.508 e. The molecule has 1 heterocycles. The minimum absolute atomic E-state index is 0.0251. The minimum Gasteiger partial charge on any atom is -0.508 e. The van der Waals surface area contributed by atoms with Gasteiger partial charge in [-0.25, -0.2) is 4.79 Å². The molecule has 0 spiro atoms. The number of nitrogens with one attached hydrogen (secondary N) is 2. The van der Waals surface area contributed by atoms with Crippen LogP contribution >= 0.6 is 23.2 Å². The number of carboxylic acids is 1. The first-order valence-corrected chi connectivity index (χ1v) is 11.9. The second kappa shape index (κ2) is 13.7. The van der Waals surface area contributed by atoms with E-state index < -0.39 is 49.0 Å². The van der Waals surface area contributed by atoms with Crippen LogP contribution in [-0.2, 0) is 28.4 Å². The summed E-state index contributed by atoms with van der Waals surface area (Å²) in [6.45, 7) is 3.59. The second-order valence-corrected chi connectivity index (χ2v) is 9.41. The Morgan fingerprint density at radius 3 is 2.60 bits per heavy atom. The molecule has 0 saturated carbocycles. The van der Waals surface area contributed by atoms with Crippen LogP contribution < -0.4 is 10.6 Å². The number of carbonyl (C=O) groups excluding carboxylic acids is 3. The summed E-state index contributed by atoms with van der Waals surface area (Å²) < 4.78 is 16.1. The second-order valence-electron chi connectivity index (χ2n) is 8.56. The third kappa shape index (κ3) is 8.99. The lowest BCUT2D eigenvalue weighted by molar-refractivity contribution is -0.150. The number of rotatable bonds is 10. The number of hydrogen-bond acceptors (Lipinski definition) is 7. The summed E-state index contributed by atoms with van der Waals surface area (Å²) in [5, 5.41) is 15.2. The fraction of sp³-hybridized carbons (Fsp3) is 0.545. The molecule has 0 radical (unpaired) electrons. The molecule has 1 aromatic rings. The summed E-state index contributed by atoms with van der Waals surface area (Å²) in [6.07, 6.45) is -0.415. The lowest BCUT2D eigenvalue weighted by Gasteiger charge is -2.30. The van der Waals surface area contributed by atoms with Gasteiger partial charge in [-0.15, -0.1) is 0 Å². The molecular formula is C22H29BCl2N2O8. The van der Waals surface area contributed by atoms with Gasteiger partial charge in [-0.3, -0.25) is 14.4 Å². The fourth-order valence-electron chi connectivity index (χ4n) is 3.52. The number of aliphatic carboxylic acids is 1. The van der Waals surface area contributed by atoms with E-state index in [1.165, 1.54) is 25.3 Å². The van der Waals surface area contributed by atoms with E-state index >= 15 is 0 Å². The molecule has 0 bridgehead atoms. The lowest BCUT2D eigenvalue weighted by Crippen LogP contribution is -2.58. The van der Waals surface area contributed by atoms with Gasteiger partial charge < -0.3 is 29.8 Å². The van der Waals surface area contributed by atoms with Gasteiger partial charge in [0.2, 0.25) is 5.91 Å². The Morgan fingerprint density at radius 1 is 1.26 bits per heavy atom. The zero-order valence-electron chi connectivity index (χ0n) is 19.7. The Hall–Kier alpha value is -2.34. The van der Waals surface area contributed by atoms with Gasteiger partial charge in [-0.1, -0.05) is 37.0 Å². The van der Waals surface area contributed by atoms with E-state index in [-0.39, 0.29) is 36.0 Å². The predicted octanol–water partition coefficient (Wildman–Crippen LogP) is 2.49. The summed E-state index contributed by atoms with van der Waals surface area (Å²) >= 11 is 12.0. The van der Waals surface area contributed by atoms with Gasteiger partial charge in [0, 0.05) is 18.6 Å². The van der Waals surface area contributed by atoms with Crippen LogP contribution in [0.2, 0.25) is 10.0 Å². The van der Waals surface area contributed by atoms with Crippen LogP contribution in [0, 0.1) is 5.92 Å². The summed E-state index contributed by atoms with van der Waals surface area (Å²) in [4.78, 5) is 49.6. The number of methoxy groups -OCH3 is 1. The number of carboxylic acid groups (broad SMARTS) is 1. The molecule has 1 fully saturated rings. The van der Waals surface area contributed by atoms with Crippen molar-refractivity contribution >= 4 is 54.1 Å². The van der Waals surface area contributed by atoms with Crippen LogP contribution in [-0.4, -0.2) is 67.8 Å². The molecule has 13 heteroatoms. The Bertz CT molecular complexity index is 933. The quantitative estimate of drug-likeness (QED) is 0.392. The standard InChI is InChI=1S/C22H29BCl2N2O8/c1-12(2)9-18(23-34-17(22(31)32)5-4-6-19(28)35-23)27-21(30)16(11-33-3)26-20(29)14-10-13(24)7-8-15(14)25/h7-8,10,12,16-18H,4-6,9,11H2,1-3H3,(H,26,29)(H,27,30)(H,31,32)/t16-,17?,18-/m0/s1. The van der Waals surface area contributed by atoms with E-state index in [1.807, 2.05) is 13.8 Å². The highest BCUT2D eigenvalue weighted by Crippen LogP contribution is 2.21. The SMILES string of the molecule is COC[C@H](NC(=O)c1cc(Cl)ccc1Cl)C(=O)N[C@@H](CC(C)C)B1OC(=O)CCCC(C(=O)O)O1. The fourth-order valence-corrected chi connectivity index (χ4v) is 3.90. The maximum atomic E-state index is 13.2. The first kappa shape index (κ1) is 28.9. The maximum absolute atomic E-state index is 13.2. The Balaban J connectivity index is 2.23. The van der Waals surface area contributed by atoms with Gasteiger partial charge in [0.1, 0.15) is 12.1 Å². The summed E-state index contributed by atoms with van der Waals surface area (Å²) in [5.74, 6) is -3.88. The molecule has 35 heavy (non-hydrogen) atoms.